The van der Waals surface area contributed by atoms with E-state index in [0.717, 1.165) is 24.0 Å². The Bertz CT molecular complexity index is 1740. The minimum absolute atomic E-state index is 0.0580. The van der Waals surface area contributed by atoms with Crippen LogP contribution in [0.3, 0.4) is 0 Å². The van der Waals surface area contributed by atoms with Gasteiger partial charge in [0.05, 0.1) is 5.60 Å². The highest BCUT2D eigenvalue weighted by Crippen LogP contribution is 2.69. The van der Waals surface area contributed by atoms with E-state index in [1.807, 2.05) is 34.6 Å². The van der Waals surface area contributed by atoms with E-state index >= 15 is 0 Å². The summed E-state index contributed by atoms with van der Waals surface area (Å²) in [5.41, 5.74) is -0.519. The van der Waals surface area contributed by atoms with E-state index in [9.17, 15) is 24.6 Å². The molecule has 1 aromatic rings. The first-order chi connectivity index (χ1) is 21.5. The molecular formula is C38H44O8. The molecule has 3 aliphatic heterocycles. The van der Waals surface area contributed by atoms with E-state index < -0.39 is 34.3 Å². The summed E-state index contributed by atoms with van der Waals surface area (Å²) in [6.45, 7) is 17.7. The molecular weight excluding hydrogens is 584 g/mol. The Balaban J connectivity index is 1.52. The van der Waals surface area contributed by atoms with Crippen LogP contribution in [0.1, 0.15) is 108 Å². The lowest BCUT2D eigenvalue weighted by atomic mass is 9.51. The van der Waals surface area contributed by atoms with Crippen LogP contribution >= 0.6 is 0 Å². The molecule has 1 aromatic carbocycles. The van der Waals surface area contributed by atoms with Crippen LogP contribution in [0, 0.1) is 17.8 Å². The highest BCUT2D eigenvalue weighted by molar-refractivity contribution is 6.18. The largest absolute Gasteiger partial charge is 0.507 e. The Hall–Kier alpha value is -3.65. The van der Waals surface area contributed by atoms with Gasteiger partial charge in [-0.05, 0) is 86.5 Å². The number of aromatic hydroxyl groups is 1. The summed E-state index contributed by atoms with van der Waals surface area (Å²) in [4.78, 5) is 41.1. The smallest absolute Gasteiger partial charge is 0.330 e. The van der Waals surface area contributed by atoms with Gasteiger partial charge in [0.15, 0.2) is 22.8 Å². The van der Waals surface area contributed by atoms with Gasteiger partial charge in [-0.3, -0.25) is 9.59 Å². The number of benzene rings is 1. The lowest BCUT2D eigenvalue weighted by molar-refractivity contribution is -0.171. The molecule has 8 heteroatoms. The maximum absolute atomic E-state index is 15.0. The molecule has 2 saturated carbocycles. The number of fused-ring (bicyclic) bond motifs is 5. The molecule has 8 nitrogen and oxygen atoms in total. The number of hydrogen-bond acceptors (Lipinski definition) is 7. The standard InChI is InChI=1S/C38H44O8/c1-18(2)9-10-23-31-27(24-17-36(8,44-31)13-12-22(24)19(3)4)30(40)28-29(39)25-15-21-16-26-35(6,7)46-37(33(21)41,14-11-20(5)34(42)43)38(25,26)45-32(23)28/h9,11,15,21-22,24,26,40H,3,10,12-14,16-17H2,1-2,4-8H3,(H,42,43)/b20-11+. The first kappa shape index (κ1) is 31.0. The van der Waals surface area contributed by atoms with Crippen molar-refractivity contribution in [1.29, 1.82) is 0 Å². The maximum Gasteiger partial charge on any atom is 0.330 e. The van der Waals surface area contributed by atoms with Gasteiger partial charge >= 0.3 is 5.97 Å². The predicted molar refractivity (Wildman–Crippen MR) is 171 cm³/mol. The molecule has 1 saturated heterocycles. The molecule has 7 unspecified atom stereocenters. The third-order valence-corrected chi connectivity index (χ3v) is 11.8. The number of hydrogen-bond donors (Lipinski definition) is 2. The number of aliphatic carboxylic acids is 1. The topological polar surface area (TPSA) is 119 Å². The van der Waals surface area contributed by atoms with E-state index in [1.54, 1.807) is 6.08 Å². The average Bonchev–Trinajstić information content (AvgIpc) is 3.11. The van der Waals surface area contributed by atoms with Crippen molar-refractivity contribution in [3.8, 4) is 17.2 Å². The Kier molecular flexibility index (Phi) is 6.53. The fourth-order valence-corrected chi connectivity index (χ4v) is 9.66. The third kappa shape index (κ3) is 3.85. The van der Waals surface area contributed by atoms with Crippen molar-refractivity contribution in [3.05, 3.63) is 63.8 Å². The van der Waals surface area contributed by atoms with Gasteiger partial charge in [0.25, 0.3) is 0 Å². The van der Waals surface area contributed by atoms with Crippen LogP contribution in [0.4, 0.5) is 0 Å². The number of carboxylic acids is 1. The normalized spacial score (nSPS) is 36.1. The van der Waals surface area contributed by atoms with E-state index in [1.165, 1.54) is 13.0 Å². The monoisotopic (exact) mass is 628 g/mol. The molecule has 7 atom stereocenters. The molecule has 244 valence electrons. The van der Waals surface area contributed by atoms with E-state index in [4.69, 9.17) is 14.2 Å². The van der Waals surface area contributed by atoms with Gasteiger partial charge < -0.3 is 24.4 Å². The van der Waals surface area contributed by atoms with E-state index in [-0.39, 0.29) is 58.4 Å². The number of rotatable bonds is 6. The average molecular weight is 629 g/mol. The second-order valence-electron chi connectivity index (χ2n) is 15.5. The second kappa shape index (κ2) is 9.69. The number of phenolic OH excluding ortho intramolecular Hbond substituents is 1. The first-order valence-electron chi connectivity index (χ1n) is 16.5. The number of carbonyl (C=O) groups is 3. The van der Waals surface area contributed by atoms with Crippen molar-refractivity contribution >= 4 is 17.5 Å². The molecule has 2 N–H and O–H groups in total. The van der Waals surface area contributed by atoms with Crippen LogP contribution in [0.5, 0.6) is 17.2 Å². The number of carboxylic acid groups (broad SMARTS) is 1. The molecule has 4 aliphatic carbocycles. The van der Waals surface area contributed by atoms with Crippen molar-refractivity contribution in [2.45, 2.75) is 115 Å². The van der Waals surface area contributed by atoms with Crippen LogP contribution in [0.25, 0.3) is 0 Å². The van der Waals surface area contributed by atoms with Crippen molar-refractivity contribution < 1.29 is 38.8 Å². The van der Waals surface area contributed by atoms with Crippen molar-refractivity contribution in [2.75, 3.05) is 0 Å². The summed E-state index contributed by atoms with van der Waals surface area (Å²) in [6.07, 6.45) is 8.47. The molecule has 0 radical (unpaired) electrons. The summed E-state index contributed by atoms with van der Waals surface area (Å²) in [5, 5.41) is 21.8. The molecule has 3 heterocycles. The van der Waals surface area contributed by atoms with Crippen LogP contribution in [-0.2, 0) is 20.7 Å². The molecule has 46 heavy (non-hydrogen) atoms. The van der Waals surface area contributed by atoms with Crippen molar-refractivity contribution in [3.63, 3.8) is 0 Å². The highest BCUT2D eigenvalue weighted by Gasteiger charge is 2.81. The van der Waals surface area contributed by atoms with Gasteiger partial charge in [0.1, 0.15) is 28.4 Å². The molecule has 0 amide bonds. The van der Waals surface area contributed by atoms with E-state index in [2.05, 4.69) is 19.6 Å². The fraction of sp³-hybridized carbons (Fsp3) is 0.553. The van der Waals surface area contributed by atoms with Gasteiger partial charge in [-0.25, -0.2) is 4.79 Å². The molecule has 6 bridgehead atoms. The Morgan fingerprint density at radius 3 is 2.46 bits per heavy atom. The Labute approximate surface area is 270 Å². The van der Waals surface area contributed by atoms with Gasteiger partial charge in [-0.2, -0.15) is 0 Å². The highest BCUT2D eigenvalue weighted by atomic mass is 16.6. The predicted octanol–water partition coefficient (Wildman–Crippen LogP) is 6.94. The zero-order chi connectivity index (χ0) is 33.3. The molecule has 0 aromatic heterocycles. The maximum atomic E-state index is 15.0. The first-order valence-corrected chi connectivity index (χ1v) is 16.5. The van der Waals surface area contributed by atoms with Crippen LogP contribution in [-0.4, -0.2) is 50.2 Å². The van der Waals surface area contributed by atoms with Gasteiger partial charge in [0.2, 0.25) is 0 Å². The molecule has 8 rings (SSSR count). The van der Waals surface area contributed by atoms with E-state index in [0.29, 0.717) is 41.7 Å². The minimum atomic E-state index is -1.62. The third-order valence-electron chi connectivity index (χ3n) is 11.8. The van der Waals surface area contributed by atoms with Crippen LogP contribution in [0.2, 0.25) is 0 Å². The molecule has 7 aliphatic rings. The lowest BCUT2D eigenvalue weighted by Gasteiger charge is -2.56. The van der Waals surface area contributed by atoms with Crippen LogP contribution in [0.15, 0.2) is 47.1 Å². The second-order valence-corrected chi connectivity index (χ2v) is 15.5. The number of ether oxygens (including phenoxy) is 3. The summed E-state index contributed by atoms with van der Waals surface area (Å²) in [7, 11) is 0. The summed E-state index contributed by atoms with van der Waals surface area (Å²) < 4.78 is 20.8. The van der Waals surface area contributed by atoms with Gasteiger partial charge in [0, 0.05) is 46.4 Å². The summed E-state index contributed by atoms with van der Waals surface area (Å²) in [6, 6.07) is 0. The number of carbonyl (C=O) groups excluding carboxylic acids is 2. The Morgan fingerprint density at radius 1 is 1.09 bits per heavy atom. The number of Topliss-reactive ketones (excluding diaryl/α,β-unsaturated/α-hetero) is 2. The minimum Gasteiger partial charge on any atom is -0.507 e. The number of ketones is 2. The van der Waals surface area contributed by atoms with Crippen molar-refractivity contribution in [1.82, 2.24) is 0 Å². The lowest BCUT2D eigenvalue weighted by Crippen LogP contribution is -2.72. The Morgan fingerprint density at radius 2 is 1.80 bits per heavy atom. The van der Waals surface area contributed by atoms with Gasteiger partial charge in [-0.15, -0.1) is 0 Å². The zero-order valence-electron chi connectivity index (χ0n) is 27.8. The number of allylic oxidation sites excluding steroid dienone is 4. The summed E-state index contributed by atoms with van der Waals surface area (Å²) in [5.74, 6) is -1.93. The van der Waals surface area contributed by atoms with Crippen molar-refractivity contribution in [2.24, 2.45) is 17.8 Å². The quantitative estimate of drug-likeness (QED) is 0.257. The SMILES string of the molecule is C=C(C)C1CCC2(C)CC1c1c(O)c3c(c(CC=C(C)C)c1O2)OC12C(=CC4CC1C(C)(C)OC2(C/C=C(\C)C(=O)O)C4=O)C3=O. The molecule has 3 fully saturated rings. The zero-order valence-corrected chi connectivity index (χ0v) is 27.8. The summed E-state index contributed by atoms with van der Waals surface area (Å²) >= 11 is 0. The van der Waals surface area contributed by atoms with Crippen LogP contribution < -0.4 is 9.47 Å². The number of phenols is 1. The fourth-order valence-electron chi connectivity index (χ4n) is 9.66. The van der Waals surface area contributed by atoms with Gasteiger partial charge in [-0.1, -0.05) is 36.0 Å². The molecule has 1 spiro atoms.